The molecule has 1 heterocycles. The molecule has 0 bridgehead atoms. The Balaban J connectivity index is 2.00. The van der Waals surface area contributed by atoms with E-state index in [2.05, 4.69) is 0 Å². The van der Waals surface area contributed by atoms with E-state index in [-0.39, 0.29) is 12.7 Å². The van der Waals surface area contributed by atoms with Gasteiger partial charge in [0.15, 0.2) is 0 Å². The van der Waals surface area contributed by atoms with E-state index in [1.807, 2.05) is 24.3 Å². The minimum atomic E-state index is -0.219. The topological polar surface area (TPSA) is 18.5 Å². The molecule has 0 fully saturated rings. The Hall–Kier alpha value is -1.81. The molecule has 0 aromatic heterocycles. The van der Waals surface area contributed by atoms with Crippen LogP contribution in [0.2, 0.25) is 0 Å². The molecule has 0 N–H and O–H groups in total. The summed E-state index contributed by atoms with van der Waals surface area (Å²) < 4.78 is 24.1. The van der Waals surface area contributed by atoms with Gasteiger partial charge in [0.1, 0.15) is 11.6 Å². The fraction of sp³-hybridized carbons (Fsp3) is 0.143. The molecule has 0 radical (unpaired) electrons. The van der Waals surface area contributed by atoms with Gasteiger partial charge in [-0.2, -0.15) is 0 Å². The van der Waals surface area contributed by atoms with Crippen molar-refractivity contribution < 1.29 is 13.8 Å². The van der Waals surface area contributed by atoms with Gasteiger partial charge in [-0.15, -0.1) is 0 Å². The van der Waals surface area contributed by atoms with Crippen LogP contribution in [0.25, 0.3) is 0 Å². The summed E-state index contributed by atoms with van der Waals surface area (Å²) in [7, 11) is 1.64. The highest BCUT2D eigenvalue weighted by Gasteiger charge is 2.30. The van der Waals surface area contributed by atoms with E-state index in [9.17, 15) is 4.39 Å². The summed E-state index contributed by atoms with van der Waals surface area (Å²) in [5.74, 6) is 0.579. The molecule has 3 rings (SSSR count). The molecular weight excluding hydrogens is 230 g/mol. The molecule has 0 atom stereocenters. The third kappa shape index (κ3) is 1.89. The molecule has 2 aromatic rings. The fourth-order valence-electron chi connectivity index (χ4n) is 2.30. The lowest BCUT2D eigenvalue weighted by molar-refractivity contribution is 0.336. The Labute approximate surface area is 105 Å². The third-order valence-corrected chi connectivity index (χ3v) is 3.19. The lowest BCUT2D eigenvalue weighted by Gasteiger charge is -2.08. The van der Waals surface area contributed by atoms with Crippen molar-refractivity contribution in [3.63, 3.8) is 0 Å². The van der Waals surface area contributed by atoms with Crippen LogP contribution in [0, 0.1) is 5.82 Å². The SMILES string of the molecule is COc1cccc(B2OCc3cc(F)ccc32)c1. The highest BCUT2D eigenvalue weighted by atomic mass is 19.1. The van der Waals surface area contributed by atoms with E-state index >= 15 is 0 Å². The Morgan fingerprint density at radius 3 is 2.94 bits per heavy atom. The van der Waals surface area contributed by atoms with Gasteiger partial charge < -0.3 is 9.39 Å². The first kappa shape index (κ1) is 11.3. The van der Waals surface area contributed by atoms with Crippen molar-refractivity contribution in [1.82, 2.24) is 0 Å². The van der Waals surface area contributed by atoms with Gasteiger partial charge in [0, 0.05) is 0 Å². The van der Waals surface area contributed by atoms with Gasteiger partial charge in [0.05, 0.1) is 13.7 Å². The van der Waals surface area contributed by atoms with Gasteiger partial charge in [-0.3, -0.25) is 0 Å². The molecule has 0 aliphatic carbocycles. The summed E-state index contributed by atoms with van der Waals surface area (Å²) in [6.07, 6.45) is 0. The third-order valence-electron chi connectivity index (χ3n) is 3.19. The Morgan fingerprint density at radius 1 is 1.22 bits per heavy atom. The highest BCUT2D eigenvalue weighted by Crippen LogP contribution is 2.14. The quantitative estimate of drug-likeness (QED) is 0.742. The largest absolute Gasteiger partial charge is 0.497 e. The fourth-order valence-corrected chi connectivity index (χ4v) is 2.30. The minimum Gasteiger partial charge on any atom is -0.497 e. The summed E-state index contributed by atoms with van der Waals surface area (Å²) in [4.78, 5) is 0. The van der Waals surface area contributed by atoms with Crippen LogP contribution < -0.4 is 15.7 Å². The molecular formula is C14H12BFO2. The van der Waals surface area contributed by atoms with Crippen molar-refractivity contribution in [3.8, 4) is 5.75 Å². The second kappa shape index (κ2) is 4.46. The number of hydrogen-bond donors (Lipinski definition) is 0. The molecule has 0 spiro atoms. The van der Waals surface area contributed by atoms with Gasteiger partial charge in [0.25, 0.3) is 0 Å². The Morgan fingerprint density at radius 2 is 2.11 bits per heavy atom. The van der Waals surface area contributed by atoms with Gasteiger partial charge in [-0.1, -0.05) is 18.2 Å². The number of rotatable bonds is 2. The summed E-state index contributed by atoms with van der Waals surface area (Å²) in [5, 5.41) is 0. The molecule has 0 saturated carbocycles. The van der Waals surface area contributed by atoms with Crippen LogP contribution in [-0.2, 0) is 11.3 Å². The van der Waals surface area contributed by atoms with Crippen LogP contribution in [0.4, 0.5) is 4.39 Å². The molecule has 0 amide bonds. The Bertz CT molecular complexity index is 586. The van der Waals surface area contributed by atoms with Crippen molar-refractivity contribution in [1.29, 1.82) is 0 Å². The predicted molar refractivity (Wildman–Crippen MR) is 69.2 cm³/mol. The number of benzene rings is 2. The minimum absolute atomic E-state index is 0.129. The Kier molecular flexibility index (Phi) is 2.80. The maximum atomic E-state index is 13.1. The van der Waals surface area contributed by atoms with Gasteiger partial charge >= 0.3 is 6.92 Å². The molecule has 2 nitrogen and oxygen atoms in total. The molecule has 1 aliphatic heterocycles. The van der Waals surface area contributed by atoms with Gasteiger partial charge in [-0.25, -0.2) is 4.39 Å². The lowest BCUT2D eigenvalue weighted by atomic mass is 9.56. The van der Waals surface area contributed by atoms with Crippen LogP contribution in [0.15, 0.2) is 42.5 Å². The van der Waals surface area contributed by atoms with E-state index in [4.69, 9.17) is 9.39 Å². The zero-order chi connectivity index (χ0) is 12.5. The van der Waals surface area contributed by atoms with E-state index in [1.54, 1.807) is 13.2 Å². The first-order chi connectivity index (χ1) is 8.78. The average Bonchev–Trinajstić information content (AvgIpc) is 2.81. The summed E-state index contributed by atoms with van der Waals surface area (Å²) in [6.45, 7) is 0.324. The van der Waals surface area contributed by atoms with Crippen LogP contribution in [0.5, 0.6) is 5.75 Å². The molecule has 1 aliphatic rings. The van der Waals surface area contributed by atoms with Crippen LogP contribution in [-0.4, -0.2) is 14.0 Å². The molecule has 90 valence electrons. The standard InChI is InChI=1S/C14H12BFO2/c1-17-13-4-2-3-11(8-13)15-14-6-5-12(16)7-10(14)9-18-15/h2-8H,9H2,1H3. The number of methoxy groups -OCH3 is 1. The normalized spacial score (nSPS) is 13.6. The predicted octanol–water partition coefficient (Wildman–Crippen LogP) is 1.47. The monoisotopic (exact) mass is 242 g/mol. The molecule has 0 saturated heterocycles. The number of hydrogen-bond acceptors (Lipinski definition) is 2. The zero-order valence-corrected chi connectivity index (χ0v) is 10.0. The van der Waals surface area contributed by atoms with E-state index in [1.165, 1.54) is 12.1 Å². The van der Waals surface area contributed by atoms with Crippen LogP contribution in [0.1, 0.15) is 5.56 Å². The van der Waals surface area contributed by atoms with Gasteiger partial charge in [-0.05, 0) is 40.8 Å². The first-order valence-electron chi connectivity index (χ1n) is 5.82. The highest BCUT2D eigenvalue weighted by molar-refractivity contribution is 6.81. The van der Waals surface area contributed by atoms with E-state index in [0.717, 1.165) is 22.2 Å². The molecule has 2 aromatic carbocycles. The molecule has 18 heavy (non-hydrogen) atoms. The van der Waals surface area contributed by atoms with Crippen molar-refractivity contribution in [2.24, 2.45) is 0 Å². The first-order valence-corrected chi connectivity index (χ1v) is 5.82. The summed E-state index contributed by atoms with van der Waals surface area (Å²) >= 11 is 0. The van der Waals surface area contributed by atoms with Crippen LogP contribution >= 0.6 is 0 Å². The van der Waals surface area contributed by atoms with Crippen molar-refractivity contribution in [2.45, 2.75) is 6.61 Å². The second-order valence-electron chi connectivity index (χ2n) is 4.31. The van der Waals surface area contributed by atoms with Crippen molar-refractivity contribution in [3.05, 3.63) is 53.8 Å². The van der Waals surface area contributed by atoms with Crippen molar-refractivity contribution in [2.75, 3.05) is 7.11 Å². The maximum absolute atomic E-state index is 13.1. The summed E-state index contributed by atoms with van der Waals surface area (Å²) in [5.41, 5.74) is 2.98. The summed E-state index contributed by atoms with van der Waals surface area (Å²) in [6, 6.07) is 12.6. The van der Waals surface area contributed by atoms with Crippen LogP contribution in [0.3, 0.4) is 0 Å². The second-order valence-corrected chi connectivity index (χ2v) is 4.31. The number of ether oxygens (including phenoxy) is 1. The number of fused-ring (bicyclic) bond motifs is 1. The zero-order valence-electron chi connectivity index (χ0n) is 10.0. The lowest BCUT2D eigenvalue weighted by Crippen LogP contribution is -2.41. The van der Waals surface area contributed by atoms with E-state index < -0.39 is 0 Å². The smallest absolute Gasteiger partial charge is 0.362 e. The van der Waals surface area contributed by atoms with Gasteiger partial charge in [0.2, 0.25) is 0 Å². The number of halogens is 1. The van der Waals surface area contributed by atoms with Crippen molar-refractivity contribution >= 4 is 17.8 Å². The van der Waals surface area contributed by atoms with E-state index in [0.29, 0.717) is 6.61 Å². The average molecular weight is 242 g/mol. The molecule has 4 heteroatoms. The maximum Gasteiger partial charge on any atom is 0.362 e. The molecule has 0 unspecified atom stereocenters.